The molecule has 3 aromatic rings. The lowest BCUT2D eigenvalue weighted by Gasteiger charge is -2.12. The van der Waals surface area contributed by atoms with Gasteiger partial charge in [-0.05, 0) is 48.5 Å². The zero-order valence-corrected chi connectivity index (χ0v) is 16.6. The minimum Gasteiger partial charge on any atom is -0.497 e. The number of rotatable bonds is 8. The van der Waals surface area contributed by atoms with Gasteiger partial charge in [-0.25, -0.2) is 0 Å². The van der Waals surface area contributed by atoms with Gasteiger partial charge in [-0.1, -0.05) is 23.4 Å². The van der Waals surface area contributed by atoms with Crippen LogP contribution in [0.4, 0.5) is 0 Å². The third-order valence-electron chi connectivity index (χ3n) is 3.84. The number of aliphatic hydroxyl groups excluding tert-OH is 1. The molecule has 0 aliphatic rings. The second kappa shape index (κ2) is 9.12. The molecular formula is C19H20ClN3O3S. The fourth-order valence-electron chi connectivity index (χ4n) is 2.37. The molecule has 0 fully saturated rings. The summed E-state index contributed by atoms with van der Waals surface area (Å²) in [6, 6.07) is 14.7. The van der Waals surface area contributed by atoms with Crippen LogP contribution in [0.1, 0.15) is 0 Å². The quantitative estimate of drug-likeness (QED) is 0.576. The average Bonchev–Trinajstić information content (AvgIpc) is 3.06. The topological polar surface area (TPSA) is 69.4 Å². The van der Waals surface area contributed by atoms with Gasteiger partial charge >= 0.3 is 0 Å². The van der Waals surface area contributed by atoms with E-state index in [2.05, 4.69) is 10.2 Å². The number of thioether (sulfide) groups is 1. The maximum absolute atomic E-state index is 10.2. The summed E-state index contributed by atoms with van der Waals surface area (Å²) in [6.07, 6.45) is -0.633. The Morgan fingerprint density at radius 3 is 2.41 bits per heavy atom. The molecule has 0 spiro atoms. The van der Waals surface area contributed by atoms with Gasteiger partial charge in [0.15, 0.2) is 11.0 Å². The lowest BCUT2D eigenvalue weighted by atomic mass is 10.2. The van der Waals surface area contributed by atoms with Crippen molar-refractivity contribution in [3.63, 3.8) is 0 Å². The number of aliphatic hydroxyl groups is 1. The SMILES string of the molecule is COc1ccc(-c2nnc(SCC(O)COc3ccc(Cl)cc3)n2C)cc1. The second-order valence-electron chi connectivity index (χ2n) is 5.82. The van der Waals surface area contributed by atoms with Gasteiger partial charge in [-0.2, -0.15) is 0 Å². The molecule has 0 saturated carbocycles. The summed E-state index contributed by atoms with van der Waals surface area (Å²) in [5.74, 6) is 2.66. The minimum absolute atomic E-state index is 0.192. The van der Waals surface area contributed by atoms with Crippen molar-refractivity contribution in [2.75, 3.05) is 19.5 Å². The highest BCUT2D eigenvalue weighted by molar-refractivity contribution is 7.99. The second-order valence-corrected chi connectivity index (χ2v) is 7.25. The first kappa shape index (κ1) is 19.5. The zero-order valence-electron chi connectivity index (χ0n) is 15.0. The maximum atomic E-state index is 10.2. The molecule has 1 atom stereocenters. The van der Waals surface area contributed by atoms with Gasteiger partial charge in [0.2, 0.25) is 0 Å². The smallest absolute Gasteiger partial charge is 0.191 e. The summed E-state index contributed by atoms with van der Waals surface area (Å²) in [4.78, 5) is 0. The number of nitrogens with zero attached hydrogens (tertiary/aromatic N) is 3. The Bertz CT molecular complexity index is 869. The van der Waals surface area contributed by atoms with E-state index in [-0.39, 0.29) is 6.61 Å². The Hall–Kier alpha value is -2.22. The Morgan fingerprint density at radius 1 is 1.07 bits per heavy atom. The molecule has 3 rings (SSSR count). The van der Waals surface area contributed by atoms with E-state index in [0.717, 1.165) is 22.3 Å². The number of aromatic nitrogens is 3. The van der Waals surface area contributed by atoms with E-state index in [1.807, 2.05) is 35.9 Å². The van der Waals surface area contributed by atoms with Crippen LogP contribution in [-0.4, -0.2) is 45.4 Å². The molecule has 0 bridgehead atoms. The lowest BCUT2D eigenvalue weighted by molar-refractivity contribution is 0.126. The summed E-state index contributed by atoms with van der Waals surface area (Å²) in [7, 11) is 3.53. The number of ether oxygens (including phenoxy) is 2. The van der Waals surface area contributed by atoms with Gasteiger partial charge in [0.05, 0.1) is 13.2 Å². The van der Waals surface area contributed by atoms with Gasteiger partial charge < -0.3 is 19.1 Å². The first-order chi connectivity index (χ1) is 13.1. The van der Waals surface area contributed by atoms with Crippen LogP contribution in [0.3, 0.4) is 0 Å². The number of methoxy groups -OCH3 is 1. The van der Waals surface area contributed by atoms with Gasteiger partial charge in [-0.3, -0.25) is 0 Å². The largest absolute Gasteiger partial charge is 0.497 e. The minimum atomic E-state index is -0.633. The number of hydrogen-bond acceptors (Lipinski definition) is 6. The van der Waals surface area contributed by atoms with Gasteiger partial charge in [0.25, 0.3) is 0 Å². The summed E-state index contributed by atoms with van der Waals surface area (Å²) in [6.45, 7) is 0.192. The Balaban J connectivity index is 1.54. The van der Waals surface area contributed by atoms with Crippen LogP contribution in [0.2, 0.25) is 5.02 Å². The molecule has 1 heterocycles. The first-order valence-electron chi connectivity index (χ1n) is 8.30. The molecule has 0 saturated heterocycles. The molecule has 8 heteroatoms. The maximum Gasteiger partial charge on any atom is 0.191 e. The van der Waals surface area contributed by atoms with Gasteiger partial charge in [-0.15, -0.1) is 10.2 Å². The monoisotopic (exact) mass is 405 g/mol. The van der Waals surface area contributed by atoms with Crippen molar-refractivity contribution in [2.24, 2.45) is 7.05 Å². The molecule has 0 aliphatic carbocycles. The summed E-state index contributed by atoms with van der Waals surface area (Å²) >= 11 is 7.27. The van der Waals surface area contributed by atoms with Gasteiger partial charge in [0, 0.05) is 23.4 Å². The van der Waals surface area contributed by atoms with Crippen molar-refractivity contribution in [1.82, 2.24) is 14.8 Å². The molecule has 0 aliphatic heterocycles. The van der Waals surface area contributed by atoms with E-state index >= 15 is 0 Å². The molecule has 0 radical (unpaired) electrons. The summed E-state index contributed by atoms with van der Waals surface area (Å²) in [5, 5.41) is 20.0. The summed E-state index contributed by atoms with van der Waals surface area (Å²) in [5.41, 5.74) is 0.948. The first-order valence-corrected chi connectivity index (χ1v) is 9.66. The zero-order chi connectivity index (χ0) is 19.2. The molecule has 27 heavy (non-hydrogen) atoms. The van der Waals surface area contributed by atoms with Crippen molar-refractivity contribution in [3.8, 4) is 22.9 Å². The Kier molecular flexibility index (Phi) is 6.60. The van der Waals surface area contributed by atoms with Crippen LogP contribution >= 0.6 is 23.4 Å². The highest BCUT2D eigenvalue weighted by Crippen LogP contribution is 2.25. The van der Waals surface area contributed by atoms with Crippen LogP contribution < -0.4 is 9.47 Å². The predicted octanol–water partition coefficient (Wildman–Crippen LogP) is 3.68. The Morgan fingerprint density at radius 2 is 1.74 bits per heavy atom. The van der Waals surface area contributed by atoms with Gasteiger partial charge in [0.1, 0.15) is 18.1 Å². The van der Waals surface area contributed by atoms with Crippen molar-refractivity contribution < 1.29 is 14.6 Å². The number of halogens is 1. The molecule has 0 amide bonds. The van der Waals surface area contributed by atoms with E-state index in [1.165, 1.54) is 11.8 Å². The number of benzene rings is 2. The normalized spacial score (nSPS) is 12.0. The molecule has 2 aromatic carbocycles. The van der Waals surface area contributed by atoms with Crippen LogP contribution in [0.15, 0.2) is 53.7 Å². The standard InChI is InChI=1S/C19H20ClN3O3S/c1-23-18(13-3-7-16(25-2)8-4-13)21-22-19(23)27-12-15(24)11-26-17-9-5-14(20)6-10-17/h3-10,15,24H,11-12H2,1-2H3. The van der Waals surface area contributed by atoms with Crippen LogP contribution in [0.25, 0.3) is 11.4 Å². The molecular weight excluding hydrogens is 386 g/mol. The fourth-order valence-corrected chi connectivity index (χ4v) is 3.32. The Labute approximate surface area is 167 Å². The number of hydrogen-bond donors (Lipinski definition) is 1. The highest BCUT2D eigenvalue weighted by atomic mass is 35.5. The van der Waals surface area contributed by atoms with E-state index in [4.69, 9.17) is 21.1 Å². The third-order valence-corrected chi connectivity index (χ3v) is 5.26. The van der Waals surface area contributed by atoms with Crippen molar-refractivity contribution in [1.29, 1.82) is 0 Å². The lowest BCUT2D eigenvalue weighted by Crippen LogP contribution is -2.20. The van der Waals surface area contributed by atoms with Crippen molar-refractivity contribution in [2.45, 2.75) is 11.3 Å². The van der Waals surface area contributed by atoms with E-state index in [0.29, 0.717) is 16.5 Å². The fraction of sp³-hybridized carbons (Fsp3) is 0.263. The van der Waals surface area contributed by atoms with E-state index < -0.39 is 6.10 Å². The molecule has 1 N–H and O–H groups in total. The van der Waals surface area contributed by atoms with Crippen LogP contribution in [-0.2, 0) is 7.05 Å². The molecule has 142 valence electrons. The van der Waals surface area contributed by atoms with Crippen molar-refractivity contribution in [3.05, 3.63) is 53.6 Å². The molecule has 1 unspecified atom stereocenters. The van der Waals surface area contributed by atoms with E-state index in [9.17, 15) is 5.11 Å². The highest BCUT2D eigenvalue weighted by Gasteiger charge is 2.14. The van der Waals surface area contributed by atoms with Crippen molar-refractivity contribution >= 4 is 23.4 Å². The molecule has 1 aromatic heterocycles. The van der Waals surface area contributed by atoms with Crippen LogP contribution in [0, 0.1) is 0 Å². The summed E-state index contributed by atoms with van der Waals surface area (Å²) < 4.78 is 12.6. The van der Waals surface area contributed by atoms with E-state index in [1.54, 1.807) is 31.4 Å². The average molecular weight is 406 g/mol. The molecule has 6 nitrogen and oxygen atoms in total. The predicted molar refractivity (Wildman–Crippen MR) is 107 cm³/mol. The van der Waals surface area contributed by atoms with Crippen LogP contribution in [0.5, 0.6) is 11.5 Å². The third kappa shape index (κ3) is 5.15.